The van der Waals surface area contributed by atoms with E-state index in [2.05, 4.69) is 25.3 Å². The van der Waals surface area contributed by atoms with Gasteiger partial charge >= 0.3 is 0 Å². The number of imidazole rings is 1. The summed E-state index contributed by atoms with van der Waals surface area (Å²) in [5, 5.41) is 12.6. The van der Waals surface area contributed by atoms with Crippen molar-refractivity contribution in [3.8, 4) is 0 Å². The van der Waals surface area contributed by atoms with Crippen LogP contribution in [0.15, 0.2) is 30.6 Å². The maximum absolute atomic E-state index is 12.4. The van der Waals surface area contributed by atoms with Gasteiger partial charge in [0, 0.05) is 38.0 Å². The molecule has 0 unspecified atom stereocenters. The summed E-state index contributed by atoms with van der Waals surface area (Å²) in [5.41, 5.74) is 2.86. The highest BCUT2D eigenvalue weighted by molar-refractivity contribution is 7.21. The van der Waals surface area contributed by atoms with Gasteiger partial charge in [-0.25, -0.2) is 15.0 Å². The molecule has 3 aromatic heterocycles. The molecule has 150 valence electrons. The van der Waals surface area contributed by atoms with Crippen LogP contribution in [0.2, 0.25) is 0 Å². The molecule has 0 aliphatic heterocycles. The summed E-state index contributed by atoms with van der Waals surface area (Å²) >= 11 is 1.40. The Balaban J connectivity index is 1.50. The summed E-state index contributed by atoms with van der Waals surface area (Å²) in [4.78, 5) is 30.7. The number of carbonyl (C=O) groups is 1. The number of aliphatic hydroxyl groups is 1. The molecule has 3 heterocycles. The summed E-state index contributed by atoms with van der Waals surface area (Å²) in [7, 11) is 1.90. The van der Waals surface area contributed by atoms with Crippen molar-refractivity contribution < 1.29 is 14.6 Å². The lowest BCUT2D eigenvalue weighted by atomic mass is 10.1. The van der Waals surface area contributed by atoms with Crippen molar-refractivity contribution in [1.82, 2.24) is 24.5 Å². The molecule has 29 heavy (non-hydrogen) atoms. The van der Waals surface area contributed by atoms with Gasteiger partial charge in [0.1, 0.15) is 0 Å². The summed E-state index contributed by atoms with van der Waals surface area (Å²) in [6.45, 7) is 0.743. The van der Waals surface area contributed by atoms with Gasteiger partial charge in [-0.1, -0.05) is 11.3 Å². The van der Waals surface area contributed by atoms with Crippen LogP contribution in [0.3, 0.4) is 0 Å². The van der Waals surface area contributed by atoms with Gasteiger partial charge < -0.3 is 19.7 Å². The zero-order chi connectivity index (χ0) is 20.2. The first-order valence-corrected chi connectivity index (χ1v) is 10.00. The minimum absolute atomic E-state index is 0.00922. The van der Waals surface area contributed by atoms with Crippen LogP contribution < -0.4 is 5.32 Å². The summed E-state index contributed by atoms with van der Waals surface area (Å²) < 4.78 is 7.11. The van der Waals surface area contributed by atoms with Gasteiger partial charge in [0.2, 0.25) is 5.95 Å². The fourth-order valence-corrected chi connectivity index (χ4v) is 3.72. The topological polar surface area (TPSA) is 115 Å². The zero-order valence-corrected chi connectivity index (χ0v) is 16.6. The van der Waals surface area contributed by atoms with Crippen molar-refractivity contribution in [2.45, 2.75) is 12.8 Å². The van der Waals surface area contributed by atoms with E-state index in [9.17, 15) is 4.79 Å². The average Bonchev–Trinajstić information content (AvgIpc) is 3.28. The average molecular weight is 412 g/mol. The number of ketones is 1. The predicted molar refractivity (Wildman–Crippen MR) is 111 cm³/mol. The maximum Gasteiger partial charge on any atom is 0.209 e. The van der Waals surface area contributed by atoms with Gasteiger partial charge in [0.15, 0.2) is 21.4 Å². The number of carbonyl (C=O) groups excluding carboxylic acids is 1. The Hall–Kier alpha value is -2.95. The Morgan fingerprint density at radius 2 is 2.10 bits per heavy atom. The molecule has 0 spiro atoms. The molecule has 1 aromatic carbocycles. The smallest absolute Gasteiger partial charge is 0.209 e. The van der Waals surface area contributed by atoms with Crippen LogP contribution in [-0.4, -0.2) is 55.2 Å². The molecule has 0 aliphatic carbocycles. The normalized spacial score (nSPS) is 11.4. The highest BCUT2D eigenvalue weighted by Gasteiger charge is 2.14. The first-order valence-electron chi connectivity index (χ1n) is 9.18. The van der Waals surface area contributed by atoms with E-state index in [1.165, 1.54) is 11.3 Å². The first-order chi connectivity index (χ1) is 14.2. The Labute approximate surface area is 170 Å². The zero-order valence-electron chi connectivity index (χ0n) is 15.8. The number of hydrogen-bond acceptors (Lipinski definition) is 9. The third-order valence-electron chi connectivity index (χ3n) is 4.40. The molecule has 0 radical (unpaired) electrons. The second kappa shape index (κ2) is 8.60. The molecule has 2 N–H and O–H groups in total. The van der Waals surface area contributed by atoms with E-state index in [0.29, 0.717) is 48.3 Å². The summed E-state index contributed by atoms with van der Waals surface area (Å²) in [5.74, 6) is 0.670. The van der Waals surface area contributed by atoms with Gasteiger partial charge in [-0.3, -0.25) is 4.79 Å². The molecule has 0 bridgehead atoms. The molecule has 0 amide bonds. The number of ether oxygens (including phenoxy) is 1. The van der Waals surface area contributed by atoms with E-state index in [1.807, 2.05) is 23.7 Å². The Bertz CT molecular complexity index is 1120. The summed E-state index contributed by atoms with van der Waals surface area (Å²) in [6.07, 6.45) is 4.25. The lowest BCUT2D eigenvalue weighted by Crippen LogP contribution is -2.04. The maximum atomic E-state index is 12.4. The highest BCUT2D eigenvalue weighted by atomic mass is 32.1. The molecular formula is C19H20N6O3S. The number of nitrogens with one attached hydrogen (secondary N) is 1. The van der Waals surface area contributed by atoms with Gasteiger partial charge in [-0.15, -0.1) is 0 Å². The Morgan fingerprint density at radius 3 is 2.93 bits per heavy atom. The van der Waals surface area contributed by atoms with Crippen LogP contribution in [-0.2, 0) is 11.8 Å². The number of aryl methyl sites for hydroxylation is 1. The summed E-state index contributed by atoms with van der Waals surface area (Å²) in [6, 6.07) is 5.51. The highest BCUT2D eigenvalue weighted by Crippen LogP contribution is 2.27. The number of rotatable bonds is 9. The molecule has 10 heteroatoms. The fourth-order valence-electron chi connectivity index (χ4n) is 2.96. The van der Waals surface area contributed by atoms with Crippen molar-refractivity contribution in [3.63, 3.8) is 0 Å². The molecule has 0 saturated heterocycles. The number of aliphatic hydroxyl groups excluding tert-OH is 1. The van der Waals surface area contributed by atoms with Crippen molar-refractivity contribution in [3.05, 3.63) is 36.2 Å². The van der Waals surface area contributed by atoms with E-state index in [-0.39, 0.29) is 12.4 Å². The largest absolute Gasteiger partial charge is 0.394 e. The van der Waals surface area contributed by atoms with Crippen LogP contribution in [0.1, 0.15) is 23.2 Å². The van der Waals surface area contributed by atoms with Gasteiger partial charge in [0.25, 0.3) is 0 Å². The number of thiazole rings is 1. The lowest BCUT2D eigenvalue weighted by Gasteiger charge is -2.03. The monoisotopic (exact) mass is 412 g/mol. The van der Waals surface area contributed by atoms with Crippen LogP contribution in [0.4, 0.5) is 11.1 Å². The second-order valence-electron chi connectivity index (χ2n) is 6.39. The number of hydrogen-bond donors (Lipinski definition) is 2. The number of benzene rings is 1. The third-order valence-corrected chi connectivity index (χ3v) is 5.27. The number of Topliss-reactive ketones (excluding diaryl/α,β-unsaturated/α-hetero) is 1. The minimum Gasteiger partial charge on any atom is -0.394 e. The minimum atomic E-state index is -0.00922. The second-order valence-corrected chi connectivity index (χ2v) is 7.37. The molecule has 0 fully saturated rings. The Kier molecular flexibility index (Phi) is 5.74. The van der Waals surface area contributed by atoms with Crippen molar-refractivity contribution in [2.24, 2.45) is 7.05 Å². The molecule has 9 nitrogen and oxygen atoms in total. The van der Waals surface area contributed by atoms with Crippen LogP contribution in [0.25, 0.3) is 21.5 Å². The number of anilines is 2. The third kappa shape index (κ3) is 4.24. The standard InChI is InChI=1S/C19H20N6O3S/c1-25-14-5-4-12(15(27)3-2-9-28-10-8-26)11-13(14)22-18(25)24-19-23-16-17(29-19)21-7-6-20-16/h4-7,11,26H,2-3,8-10H2,1H3,(H,20,22,23,24). The van der Waals surface area contributed by atoms with Gasteiger partial charge in [0.05, 0.1) is 24.2 Å². The van der Waals surface area contributed by atoms with Crippen LogP contribution in [0, 0.1) is 0 Å². The van der Waals surface area contributed by atoms with E-state index in [0.717, 1.165) is 15.9 Å². The van der Waals surface area contributed by atoms with Crippen molar-refractivity contribution in [1.29, 1.82) is 0 Å². The fraction of sp³-hybridized carbons (Fsp3) is 0.316. The number of fused-ring (bicyclic) bond motifs is 2. The molecule has 0 atom stereocenters. The van der Waals surface area contributed by atoms with E-state index < -0.39 is 0 Å². The van der Waals surface area contributed by atoms with E-state index in [4.69, 9.17) is 9.84 Å². The lowest BCUT2D eigenvalue weighted by molar-refractivity contribution is 0.0832. The predicted octanol–water partition coefficient (Wildman–Crippen LogP) is 2.69. The Morgan fingerprint density at radius 1 is 1.24 bits per heavy atom. The van der Waals surface area contributed by atoms with Crippen molar-refractivity contribution >= 4 is 49.7 Å². The van der Waals surface area contributed by atoms with E-state index in [1.54, 1.807) is 18.5 Å². The molecule has 0 saturated carbocycles. The molecule has 4 rings (SSSR count). The van der Waals surface area contributed by atoms with Gasteiger partial charge in [-0.05, 0) is 24.6 Å². The van der Waals surface area contributed by atoms with Crippen LogP contribution >= 0.6 is 11.3 Å². The number of nitrogens with zero attached hydrogens (tertiary/aromatic N) is 5. The van der Waals surface area contributed by atoms with Crippen molar-refractivity contribution in [2.75, 3.05) is 25.1 Å². The molecule has 0 aliphatic rings. The molecular weight excluding hydrogens is 392 g/mol. The van der Waals surface area contributed by atoms with E-state index >= 15 is 0 Å². The SMILES string of the molecule is Cn1c(Nc2nc3nccnc3s2)nc2cc(C(=O)CCCOCCO)ccc21. The molecule has 4 aromatic rings. The van der Waals surface area contributed by atoms with Crippen LogP contribution in [0.5, 0.6) is 0 Å². The number of aromatic nitrogens is 5. The van der Waals surface area contributed by atoms with Gasteiger partial charge in [-0.2, -0.15) is 4.98 Å². The quantitative estimate of drug-likeness (QED) is 0.318. The first kappa shape index (κ1) is 19.4.